The van der Waals surface area contributed by atoms with Crippen molar-refractivity contribution in [3.8, 4) is 0 Å². The van der Waals surface area contributed by atoms with E-state index in [9.17, 15) is 18.0 Å². The number of carbonyl (C=O) groups is 2. The SMILES string of the molecule is CC(C)(C)OC(=O)N1CCN=C1c1ccc(CNCC(=O)COCCNCS(=O)(=O)c2cccc(Cl)c2)cc1. The zero-order valence-corrected chi connectivity index (χ0v) is 24.0. The van der Waals surface area contributed by atoms with Gasteiger partial charge in [0.1, 0.15) is 23.9 Å². The zero-order valence-electron chi connectivity index (χ0n) is 22.4. The number of Topliss-reactive ketones (excluding diaryl/α,β-unsaturated/α-hetero) is 1. The van der Waals surface area contributed by atoms with E-state index in [0.717, 1.165) is 11.1 Å². The summed E-state index contributed by atoms with van der Waals surface area (Å²) in [6.07, 6.45) is -0.413. The average molecular weight is 579 g/mol. The Labute approximate surface area is 234 Å². The third-order valence-corrected chi connectivity index (χ3v) is 7.24. The van der Waals surface area contributed by atoms with Crippen LogP contribution in [0.5, 0.6) is 0 Å². The molecule has 0 saturated heterocycles. The van der Waals surface area contributed by atoms with E-state index >= 15 is 0 Å². The second-order valence-corrected chi connectivity index (χ2v) is 12.4. The number of rotatable bonds is 13. The third kappa shape index (κ3) is 10.0. The highest BCUT2D eigenvalue weighted by molar-refractivity contribution is 7.91. The minimum absolute atomic E-state index is 0.0744. The lowest BCUT2D eigenvalue weighted by Gasteiger charge is -2.25. The Morgan fingerprint density at radius 3 is 2.54 bits per heavy atom. The minimum atomic E-state index is -3.50. The van der Waals surface area contributed by atoms with Crippen molar-refractivity contribution in [3.05, 3.63) is 64.7 Å². The van der Waals surface area contributed by atoms with Crippen molar-refractivity contribution in [1.29, 1.82) is 0 Å². The second-order valence-electron chi connectivity index (χ2n) is 9.95. The predicted octanol–water partition coefficient (Wildman–Crippen LogP) is 3.03. The maximum absolute atomic E-state index is 12.5. The van der Waals surface area contributed by atoms with Gasteiger partial charge in [-0.05, 0) is 44.5 Å². The van der Waals surface area contributed by atoms with Crippen molar-refractivity contribution in [2.75, 3.05) is 45.3 Å². The van der Waals surface area contributed by atoms with Gasteiger partial charge >= 0.3 is 6.09 Å². The number of amidine groups is 1. The van der Waals surface area contributed by atoms with Crippen LogP contribution in [-0.2, 0) is 30.7 Å². The largest absolute Gasteiger partial charge is 0.443 e. The number of aliphatic imine (C=N–C) groups is 1. The highest BCUT2D eigenvalue weighted by Gasteiger charge is 2.29. The van der Waals surface area contributed by atoms with Gasteiger partial charge in [0.05, 0.1) is 31.1 Å². The maximum Gasteiger partial charge on any atom is 0.416 e. The second kappa shape index (κ2) is 14.0. The molecule has 2 aromatic rings. The lowest BCUT2D eigenvalue weighted by atomic mass is 10.1. The topological polar surface area (TPSA) is 126 Å². The first-order valence-electron chi connectivity index (χ1n) is 12.6. The minimum Gasteiger partial charge on any atom is -0.443 e. The summed E-state index contributed by atoms with van der Waals surface area (Å²) in [5, 5.41) is 6.25. The van der Waals surface area contributed by atoms with Gasteiger partial charge in [-0.3, -0.25) is 14.7 Å². The van der Waals surface area contributed by atoms with Crippen LogP contribution in [0, 0.1) is 0 Å². The van der Waals surface area contributed by atoms with Gasteiger partial charge in [-0.25, -0.2) is 13.2 Å². The van der Waals surface area contributed by atoms with E-state index in [1.807, 2.05) is 45.0 Å². The van der Waals surface area contributed by atoms with E-state index in [1.54, 1.807) is 17.0 Å². The van der Waals surface area contributed by atoms with Gasteiger partial charge in [0, 0.05) is 23.7 Å². The number of amides is 1. The number of ether oxygens (including phenoxy) is 2. The molecule has 0 saturated carbocycles. The molecule has 1 heterocycles. The molecule has 39 heavy (non-hydrogen) atoms. The predicted molar refractivity (Wildman–Crippen MR) is 150 cm³/mol. The van der Waals surface area contributed by atoms with Crippen molar-refractivity contribution in [2.24, 2.45) is 4.99 Å². The normalized spacial score (nSPS) is 13.8. The molecular formula is C27H35ClN4O6S. The van der Waals surface area contributed by atoms with Gasteiger partial charge in [-0.15, -0.1) is 0 Å². The highest BCUT2D eigenvalue weighted by Crippen LogP contribution is 2.18. The molecule has 3 rings (SSSR count). The third-order valence-electron chi connectivity index (χ3n) is 5.45. The molecule has 212 valence electrons. The molecule has 10 nitrogen and oxygen atoms in total. The summed E-state index contributed by atoms with van der Waals surface area (Å²) in [6, 6.07) is 13.7. The number of nitrogens with zero attached hydrogens (tertiary/aromatic N) is 2. The van der Waals surface area contributed by atoms with Crippen molar-refractivity contribution in [1.82, 2.24) is 15.5 Å². The van der Waals surface area contributed by atoms with E-state index < -0.39 is 21.5 Å². The molecule has 1 aliphatic heterocycles. The smallest absolute Gasteiger partial charge is 0.416 e. The number of halogens is 1. The summed E-state index contributed by atoms with van der Waals surface area (Å²) >= 11 is 5.85. The van der Waals surface area contributed by atoms with Crippen LogP contribution >= 0.6 is 11.6 Å². The first-order valence-corrected chi connectivity index (χ1v) is 14.6. The fourth-order valence-corrected chi connectivity index (χ4v) is 5.07. The first kappa shape index (κ1) is 30.7. The zero-order chi connectivity index (χ0) is 28.5. The van der Waals surface area contributed by atoms with Gasteiger partial charge in [-0.2, -0.15) is 0 Å². The standard InChI is InChI=1S/C27H35ClN4O6S/c1-27(2,3)38-26(34)32-13-11-31-25(32)21-9-7-20(8-10-21)16-30-17-23(33)18-37-14-12-29-19-39(35,36)24-6-4-5-22(28)15-24/h4-10,15,29-30H,11-14,16-19H2,1-3H3. The molecule has 0 atom stereocenters. The molecule has 1 amide bonds. The van der Waals surface area contributed by atoms with Crippen LogP contribution in [0.3, 0.4) is 0 Å². The van der Waals surface area contributed by atoms with Crippen molar-refractivity contribution in [3.63, 3.8) is 0 Å². The van der Waals surface area contributed by atoms with Crippen LogP contribution in [0.1, 0.15) is 31.9 Å². The molecule has 1 aliphatic rings. The number of hydrogen-bond acceptors (Lipinski definition) is 9. The molecule has 0 bridgehead atoms. The van der Waals surface area contributed by atoms with Crippen LogP contribution in [0.15, 0.2) is 58.4 Å². The molecule has 12 heteroatoms. The summed E-state index contributed by atoms with van der Waals surface area (Å²) < 4.78 is 35.4. The summed E-state index contributed by atoms with van der Waals surface area (Å²) in [5.74, 6) is 0.219. The Kier molecular flexibility index (Phi) is 11.0. The van der Waals surface area contributed by atoms with Gasteiger partial charge in [0.2, 0.25) is 0 Å². The Morgan fingerprint density at radius 2 is 1.85 bits per heavy atom. The van der Waals surface area contributed by atoms with Crippen LogP contribution in [0.25, 0.3) is 0 Å². The van der Waals surface area contributed by atoms with Crippen LogP contribution in [0.2, 0.25) is 5.02 Å². The fourth-order valence-electron chi connectivity index (χ4n) is 3.64. The maximum atomic E-state index is 12.5. The molecule has 0 unspecified atom stereocenters. The first-order chi connectivity index (χ1) is 18.4. The van der Waals surface area contributed by atoms with Crippen molar-refractivity contribution in [2.45, 2.75) is 37.8 Å². The highest BCUT2D eigenvalue weighted by atomic mass is 35.5. The Morgan fingerprint density at radius 1 is 1.10 bits per heavy atom. The van der Waals surface area contributed by atoms with E-state index in [1.165, 1.54) is 12.1 Å². The molecule has 0 fully saturated rings. The fraction of sp³-hybridized carbons (Fsp3) is 0.444. The Hall–Kier alpha value is -2.83. The van der Waals surface area contributed by atoms with Gasteiger partial charge < -0.3 is 20.1 Å². The Bertz CT molecular complexity index is 1280. The van der Waals surface area contributed by atoms with Gasteiger partial charge in [0.25, 0.3) is 0 Å². The summed E-state index contributed by atoms with van der Waals surface area (Å²) in [5.41, 5.74) is 1.21. The quantitative estimate of drug-likeness (QED) is 0.347. The molecule has 0 radical (unpaired) electrons. The number of carbonyl (C=O) groups excluding carboxylic acids is 2. The molecule has 2 N–H and O–H groups in total. The van der Waals surface area contributed by atoms with E-state index in [-0.39, 0.29) is 42.9 Å². The van der Waals surface area contributed by atoms with Crippen molar-refractivity contribution >= 4 is 39.2 Å². The van der Waals surface area contributed by atoms with E-state index in [0.29, 0.717) is 30.5 Å². The molecule has 2 aromatic carbocycles. The number of benzene rings is 2. The number of hydrogen-bond donors (Lipinski definition) is 2. The molecule has 0 aromatic heterocycles. The molecule has 0 aliphatic carbocycles. The summed E-state index contributed by atoms with van der Waals surface area (Å²) in [6.45, 7) is 7.51. The number of nitrogens with one attached hydrogen (secondary N) is 2. The lowest BCUT2D eigenvalue weighted by molar-refractivity contribution is -0.122. The summed E-state index contributed by atoms with van der Waals surface area (Å²) in [7, 11) is -3.50. The Balaban J connectivity index is 1.32. The lowest BCUT2D eigenvalue weighted by Crippen LogP contribution is -2.39. The molecular weight excluding hydrogens is 544 g/mol. The van der Waals surface area contributed by atoms with Crippen LogP contribution < -0.4 is 10.6 Å². The average Bonchev–Trinajstić information content (AvgIpc) is 3.36. The van der Waals surface area contributed by atoms with Gasteiger partial charge in [0.15, 0.2) is 15.6 Å². The van der Waals surface area contributed by atoms with Crippen LogP contribution in [-0.4, -0.2) is 81.9 Å². The van der Waals surface area contributed by atoms with E-state index in [4.69, 9.17) is 21.1 Å². The van der Waals surface area contributed by atoms with E-state index in [2.05, 4.69) is 15.6 Å². The molecule has 0 spiro atoms. The summed E-state index contributed by atoms with van der Waals surface area (Å²) in [4.78, 5) is 30.7. The van der Waals surface area contributed by atoms with Crippen molar-refractivity contribution < 1.29 is 27.5 Å². The van der Waals surface area contributed by atoms with Crippen LogP contribution in [0.4, 0.5) is 4.79 Å². The number of sulfone groups is 1. The number of ketones is 1. The monoisotopic (exact) mass is 578 g/mol. The van der Waals surface area contributed by atoms with Gasteiger partial charge in [-0.1, -0.05) is 41.9 Å².